The van der Waals surface area contributed by atoms with E-state index in [4.69, 9.17) is 9.47 Å². The van der Waals surface area contributed by atoms with Crippen molar-refractivity contribution in [2.75, 3.05) is 6.61 Å². The van der Waals surface area contributed by atoms with Gasteiger partial charge in [-0.05, 0) is 26.7 Å². The Morgan fingerprint density at radius 2 is 1.33 bits per heavy atom. The molecule has 0 aliphatic heterocycles. The van der Waals surface area contributed by atoms with Crippen molar-refractivity contribution in [3.63, 3.8) is 0 Å². The van der Waals surface area contributed by atoms with E-state index in [1.165, 1.54) is 52.4 Å². The van der Waals surface area contributed by atoms with Gasteiger partial charge in [-0.25, -0.2) is 0 Å². The summed E-state index contributed by atoms with van der Waals surface area (Å²) in [7, 11) is 0. The Morgan fingerprint density at radius 1 is 0.792 bits per heavy atom. The predicted molar refractivity (Wildman–Crippen MR) is 93.7 cm³/mol. The molecule has 5 nitrogen and oxygen atoms in total. The van der Waals surface area contributed by atoms with Crippen molar-refractivity contribution in [2.45, 2.75) is 97.5 Å². The highest BCUT2D eigenvalue weighted by atomic mass is 16.5. The summed E-state index contributed by atoms with van der Waals surface area (Å²) in [5.41, 5.74) is 0. The first-order chi connectivity index (χ1) is 11.5. The third kappa shape index (κ3) is 14.2. The first kappa shape index (κ1) is 22.6. The first-order valence-electron chi connectivity index (χ1n) is 9.33. The van der Waals surface area contributed by atoms with Crippen LogP contribution < -0.4 is 0 Å². The van der Waals surface area contributed by atoms with E-state index in [0.29, 0.717) is 13.0 Å². The van der Waals surface area contributed by atoms with Crippen LogP contribution in [0.3, 0.4) is 0 Å². The Morgan fingerprint density at radius 3 is 1.92 bits per heavy atom. The molecule has 0 N–H and O–H groups in total. The molecular formula is C19H34O5. The van der Waals surface area contributed by atoms with Gasteiger partial charge in [0.2, 0.25) is 0 Å². The molecule has 0 aliphatic rings. The second kappa shape index (κ2) is 15.2. The standard InChI is InChI=1S/C19H34O5/c1-4-5-6-7-8-9-10-11-15-23-18(21)13-12-14-19(22)24-17(3)16(2)20/h17H,4-15H2,1-3H3. The highest BCUT2D eigenvalue weighted by Crippen LogP contribution is 2.09. The van der Waals surface area contributed by atoms with Gasteiger partial charge < -0.3 is 9.47 Å². The lowest BCUT2D eigenvalue weighted by atomic mass is 10.1. The summed E-state index contributed by atoms with van der Waals surface area (Å²) < 4.78 is 10.1. The van der Waals surface area contributed by atoms with Crippen LogP contribution >= 0.6 is 0 Å². The molecule has 0 aromatic carbocycles. The van der Waals surface area contributed by atoms with Crippen molar-refractivity contribution in [3.05, 3.63) is 0 Å². The van der Waals surface area contributed by atoms with Gasteiger partial charge in [-0.1, -0.05) is 51.9 Å². The number of carbonyl (C=O) groups excluding carboxylic acids is 3. The second-order valence-electron chi connectivity index (χ2n) is 6.29. The van der Waals surface area contributed by atoms with E-state index in [1.54, 1.807) is 0 Å². The molecule has 0 amide bonds. The molecule has 0 fully saturated rings. The molecule has 0 bridgehead atoms. The van der Waals surface area contributed by atoms with Gasteiger partial charge in [0.05, 0.1) is 6.61 Å². The summed E-state index contributed by atoms with van der Waals surface area (Å²) in [6, 6.07) is 0. The maximum atomic E-state index is 11.5. The number of hydrogen-bond donors (Lipinski definition) is 0. The number of ketones is 1. The van der Waals surface area contributed by atoms with Crippen LogP contribution in [0.5, 0.6) is 0 Å². The van der Waals surface area contributed by atoms with E-state index in [2.05, 4.69) is 6.92 Å². The monoisotopic (exact) mass is 342 g/mol. The number of unbranched alkanes of at least 4 members (excludes halogenated alkanes) is 7. The van der Waals surface area contributed by atoms with Gasteiger partial charge in [0.15, 0.2) is 11.9 Å². The zero-order valence-corrected chi connectivity index (χ0v) is 15.6. The van der Waals surface area contributed by atoms with Crippen LogP contribution in [0.15, 0.2) is 0 Å². The molecule has 0 spiro atoms. The van der Waals surface area contributed by atoms with E-state index >= 15 is 0 Å². The fourth-order valence-corrected chi connectivity index (χ4v) is 2.21. The number of rotatable bonds is 15. The van der Waals surface area contributed by atoms with E-state index in [9.17, 15) is 14.4 Å². The number of esters is 2. The molecule has 1 atom stereocenters. The van der Waals surface area contributed by atoms with E-state index < -0.39 is 12.1 Å². The summed E-state index contributed by atoms with van der Waals surface area (Å²) in [6.07, 6.45) is 9.66. The van der Waals surface area contributed by atoms with Crippen LogP contribution in [0.4, 0.5) is 0 Å². The lowest BCUT2D eigenvalue weighted by Gasteiger charge is -2.09. The smallest absolute Gasteiger partial charge is 0.306 e. The number of Topliss-reactive ketones (excluding diaryl/α,β-unsaturated/α-hetero) is 1. The van der Waals surface area contributed by atoms with E-state index in [-0.39, 0.29) is 24.6 Å². The van der Waals surface area contributed by atoms with E-state index in [1.807, 2.05) is 0 Å². The molecule has 0 rings (SSSR count). The second-order valence-corrected chi connectivity index (χ2v) is 6.29. The quantitative estimate of drug-likeness (QED) is 0.327. The zero-order valence-electron chi connectivity index (χ0n) is 15.6. The Hall–Kier alpha value is -1.39. The lowest BCUT2D eigenvalue weighted by molar-refractivity contribution is -0.153. The van der Waals surface area contributed by atoms with Gasteiger partial charge in [0.25, 0.3) is 0 Å². The highest BCUT2D eigenvalue weighted by Gasteiger charge is 2.14. The molecule has 5 heteroatoms. The summed E-state index contributed by atoms with van der Waals surface area (Å²) in [6.45, 7) is 5.59. The summed E-state index contributed by atoms with van der Waals surface area (Å²) in [5, 5.41) is 0. The predicted octanol–water partition coefficient (Wildman–Crippen LogP) is 4.36. The summed E-state index contributed by atoms with van der Waals surface area (Å²) in [5.74, 6) is -0.910. The largest absolute Gasteiger partial charge is 0.466 e. The minimum Gasteiger partial charge on any atom is -0.466 e. The first-order valence-corrected chi connectivity index (χ1v) is 9.33. The number of ether oxygens (including phenoxy) is 2. The molecule has 0 saturated carbocycles. The van der Waals surface area contributed by atoms with Gasteiger partial charge >= 0.3 is 11.9 Å². The molecule has 1 unspecified atom stereocenters. The van der Waals surface area contributed by atoms with Gasteiger partial charge in [0.1, 0.15) is 0 Å². The topological polar surface area (TPSA) is 69.7 Å². The average Bonchev–Trinajstić information content (AvgIpc) is 2.53. The Balaban J connectivity index is 3.44. The molecule has 0 aromatic heterocycles. The van der Waals surface area contributed by atoms with Crippen LogP contribution in [0, 0.1) is 0 Å². The van der Waals surface area contributed by atoms with Crippen LogP contribution in [0.2, 0.25) is 0 Å². The maximum Gasteiger partial charge on any atom is 0.306 e. The molecule has 0 saturated heterocycles. The number of carbonyl (C=O) groups is 3. The third-order valence-corrected chi connectivity index (χ3v) is 3.90. The fraction of sp³-hybridized carbons (Fsp3) is 0.842. The molecule has 24 heavy (non-hydrogen) atoms. The Labute approximate surface area is 146 Å². The summed E-state index contributed by atoms with van der Waals surface area (Å²) in [4.78, 5) is 33.9. The Bertz CT molecular complexity index is 365. The zero-order chi connectivity index (χ0) is 18.2. The van der Waals surface area contributed by atoms with Crippen LogP contribution in [0.25, 0.3) is 0 Å². The molecule has 0 aromatic rings. The average molecular weight is 342 g/mol. The SMILES string of the molecule is CCCCCCCCCCOC(=O)CCCC(=O)OC(C)C(C)=O. The van der Waals surface area contributed by atoms with Crippen molar-refractivity contribution < 1.29 is 23.9 Å². The minimum atomic E-state index is -0.716. The fourth-order valence-electron chi connectivity index (χ4n) is 2.21. The lowest BCUT2D eigenvalue weighted by Crippen LogP contribution is -2.21. The Kier molecular flexibility index (Phi) is 14.3. The third-order valence-electron chi connectivity index (χ3n) is 3.90. The van der Waals surface area contributed by atoms with Crippen LogP contribution in [-0.4, -0.2) is 30.4 Å². The molecule has 140 valence electrons. The summed E-state index contributed by atoms with van der Waals surface area (Å²) >= 11 is 0. The van der Waals surface area contributed by atoms with E-state index in [0.717, 1.165) is 12.8 Å². The van der Waals surface area contributed by atoms with Crippen LogP contribution in [-0.2, 0) is 23.9 Å². The van der Waals surface area contributed by atoms with Crippen molar-refractivity contribution in [2.24, 2.45) is 0 Å². The highest BCUT2D eigenvalue weighted by molar-refractivity contribution is 5.83. The molecular weight excluding hydrogens is 308 g/mol. The normalized spacial score (nSPS) is 11.8. The van der Waals surface area contributed by atoms with Crippen molar-refractivity contribution in [1.29, 1.82) is 0 Å². The molecule has 0 heterocycles. The van der Waals surface area contributed by atoms with Crippen molar-refractivity contribution >= 4 is 17.7 Å². The minimum absolute atomic E-state index is 0.129. The molecule has 0 radical (unpaired) electrons. The van der Waals surface area contributed by atoms with Gasteiger partial charge in [-0.2, -0.15) is 0 Å². The van der Waals surface area contributed by atoms with Crippen molar-refractivity contribution in [1.82, 2.24) is 0 Å². The van der Waals surface area contributed by atoms with Gasteiger partial charge in [0, 0.05) is 12.8 Å². The molecule has 0 aliphatic carbocycles. The van der Waals surface area contributed by atoms with Gasteiger partial charge in [-0.15, -0.1) is 0 Å². The van der Waals surface area contributed by atoms with Gasteiger partial charge in [-0.3, -0.25) is 14.4 Å². The van der Waals surface area contributed by atoms with Crippen molar-refractivity contribution in [3.8, 4) is 0 Å². The number of hydrogen-bond acceptors (Lipinski definition) is 5. The van der Waals surface area contributed by atoms with Crippen LogP contribution in [0.1, 0.15) is 91.4 Å². The maximum absolute atomic E-state index is 11.5.